The summed E-state index contributed by atoms with van der Waals surface area (Å²) in [5, 5.41) is 19.5. The third-order valence-corrected chi connectivity index (χ3v) is 3.36. The van der Waals surface area contributed by atoms with Gasteiger partial charge in [0.05, 0.1) is 16.6 Å². The third kappa shape index (κ3) is 4.17. The van der Waals surface area contributed by atoms with Crippen LogP contribution in [0.3, 0.4) is 0 Å². The van der Waals surface area contributed by atoms with Crippen LogP contribution in [0.15, 0.2) is 53.1 Å². The van der Waals surface area contributed by atoms with E-state index in [1.165, 1.54) is 6.08 Å². The Bertz CT molecular complexity index is 766. The molecule has 2 aromatic carbocycles. The van der Waals surface area contributed by atoms with Gasteiger partial charge in [-0.2, -0.15) is 5.26 Å². The highest BCUT2D eigenvalue weighted by atomic mass is 79.9. The maximum atomic E-state index is 10.5. The molecule has 22 heavy (non-hydrogen) atoms. The molecule has 0 heterocycles. The molecule has 2 aromatic rings. The van der Waals surface area contributed by atoms with Crippen molar-refractivity contribution in [1.82, 2.24) is 0 Å². The molecule has 0 atom stereocenters. The Hall–Kier alpha value is -2.65. The monoisotopic (exact) mass is 358 g/mol. The van der Waals surface area contributed by atoms with Crippen LogP contribution < -0.4 is 4.74 Å². The van der Waals surface area contributed by atoms with Gasteiger partial charge in [0.15, 0.2) is 0 Å². The van der Waals surface area contributed by atoms with Crippen molar-refractivity contribution in [2.45, 2.75) is 6.61 Å². The molecule has 0 fully saturated rings. The summed E-state index contributed by atoms with van der Waals surface area (Å²) in [6.45, 7) is 0.213. The summed E-state index contributed by atoms with van der Waals surface area (Å²) in [4.78, 5) is 9.93. The molecule has 6 heteroatoms. The first-order valence-electron chi connectivity index (χ1n) is 6.32. The van der Waals surface area contributed by atoms with Crippen LogP contribution in [0.4, 0.5) is 0 Å². The first-order chi connectivity index (χ1) is 10.6. The molecule has 0 spiro atoms. The van der Waals surface area contributed by atoms with E-state index in [1.54, 1.807) is 30.3 Å². The van der Waals surface area contributed by atoms with E-state index in [-0.39, 0.29) is 6.61 Å². The number of hydrogen-bond donors (Lipinski definition) is 0. The molecule has 0 bridgehead atoms. The minimum atomic E-state index is -0.532. The highest BCUT2D eigenvalue weighted by Crippen LogP contribution is 2.25. The van der Waals surface area contributed by atoms with Gasteiger partial charge in [-0.25, -0.2) is 0 Å². The second-order valence-electron chi connectivity index (χ2n) is 4.34. The van der Waals surface area contributed by atoms with Gasteiger partial charge in [0.1, 0.15) is 12.4 Å². The van der Waals surface area contributed by atoms with Crippen molar-refractivity contribution in [2.75, 3.05) is 0 Å². The van der Waals surface area contributed by atoms with Gasteiger partial charge in [0.25, 0.3) is 0 Å². The van der Waals surface area contributed by atoms with Crippen LogP contribution in [0.5, 0.6) is 5.75 Å². The molecule has 0 saturated carbocycles. The largest absolute Gasteiger partial charge is 0.488 e. The second kappa shape index (κ2) is 7.38. The lowest BCUT2D eigenvalue weighted by Crippen LogP contribution is -1.99. The highest BCUT2D eigenvalue weighted by Gasteiger charge is 2.06. The van der Waals surface area contributed by atoms with Gasteiger partial charge in [0, 0.05) is 21.7 Å². The number of ether oxygens (including phenoxy) is 1. The van der Waals surface area contributed by atoms with Crippen molar-refractivity contribution in [3.8, 4) is 11.8 Å². The van der Waals surface area contributed by atoms with Crippen LogP contribution in [0, 0.1) is 21.4 Å². The summed E-state index contributed by atoms with van der Waals surface area (Å²) in [5.41, 5.74) is 1.89. The number of nitro groups is 1. The van der Waals surface area contributed by atoms with Crippen molar-refractivity contribution in [2.24, 2.45) is 0 Å². The number of rotatable bonds is 5. The third-order valence-electron chi connectivity index (χ3n) is 2.87. The van der Waals surface area contributed by atoms with Crippen molar-refractivity contribution >= 4 is 22.0 Å². The standard InChI is InChI=1S/C16H11BrN2O3/c17-15-5-6-16(12(9-15)7-8-19(20)21)22-11-14-4-2-1-3-13(14)10-18/h1-9H,11H2/b8-7+. The molecule has 0 aromatic heterocycles. The van der Waals surface area contributed by atoms with E-state index in [0.29, 0.717) is 16.9 Å². The van der Waals surface area contributed by atoms with E-state index in [2.05, 4.69) is 22.0 Å². The maximum Gasteiger partial charge on any atom is 0.235 e. The Morgan fingerprint density at radius 1 is 1.32 bits per heavy atom. The predicted octanol–water partition coefficient (Wildman–Crippen LogP) is 4.15. The van der Waals surface area contributed by atoms with Gasteiger partial charge in [-0.3, -0.25) is 10.1 Å². The zero-order valence-corrected chi connectivity index (χ0v) is 13.0. The molecule has 0 aliphatic rings. The molecule has 5 nitrogen and oxygen atoms in total. The topological polar surface area (TPSA) is 76.2 Å². The first-order valence-corrected chi connectivity index (χ1v) is 7.11. The van der Waals surface area contributed by atoms with Crippen LogP contribution in [0.25, 0.3) is 6.08 Å². The van der Waals surface area contributed by atoms with Gasteiger partial charge in [-0.1, -0.05) is 34.1 Å². The lowest BCUT2D eigenvalue weighted by molar-refractivity contribution is -0.400. The normalized spacial score (nSPS) is 10.4. The van der Waals surface area contributed by atoms with Gasteiger partial charge in [0.2, 0.25) is 6.20 Å². The molecule has 0 unspecified atom stereocenters. The van der Waals surface area contributed by atoms with Crippen molar-refractivity contribution < 1.29 is 9.66 Å². The number of halogens is 1. The fourth-order valence-corrected chi connectivity index (χ4v) is 2.21. The molecule has 0 aliphatic carbocycles. The van der Waals surface area contributed by atoms with Crippen LogP contribution in [0.2, 0.25) is 0 Å². The number of benzene rings is 2. The summed E-state index contributed by atoms with van der Waals surface area (Å²) in [7, 11) is 0. The average molecular weight is 359 g/mol. The minimum Gasteiger partial charge on any atom is -0.488 e. The molecule has 2 rings (SSSR count). The van der Waals surface area contributed by atoms with E-state index in [1.807, 2.05) is 12.1 Å². The fraction of sp³-hybridized carbons (Fsp3) is 0.0625. The predicted molar refractivity (Wildman–Crippen MR) is 85.7 cm³/mol. The van der Waals surface area contributed by atoms with Crippen LogP contribution >= 0.6 is 15.9 Å². The molecule has 0 N–H and O–H groups in total. The molecular formula is C16H11BrN2O3. The molecule has 0 saturated heterocycles. The molecule has 0 radical (unpaired) electrons. The zero-order valence-electron chi connectivity index (χ0n) is 11.4. The molecule has 0 aliphatic heterocycles. The zero-order chi connectivity index (χ0) is 15.9. The fourth-order valence-electron chi connectivity index (χ4n) is 1.83. The quantitative estimate of drug-likeness (QED) is 0.594. The van der Waals surface area contributed by atoms with E-state index in [0.717, 1.165) is 16.2 Å². The van der Waals surface area contributed by atoms with E-state index >= 15 is 0 Å². The summed E-state index contributed by atoms with van der Waals surface area (Å²) in [6, 6.07) is 14.5. The average Bonchev–Trinajstić information content (AvgIpc) is 2.52. The number of nitrogens with zero attached hydrogens (tertiary/aromatic N) is 2. The van der Waals surface area contributed by atoms with Crippen molar-refractivity contribution in [1.29, 1.82) is 5.26 Å². The van der Waals surface area contributed by atoms with Crippen molar-refractivity contribution in [3.05, 3.63) is 79.9 Å². The Balaban J connectivity index is 2.23. The number of nitriles is 1. The summed E-state index contributed by atoms with van der Waals surface area (Å²) < 4.78 is 6.50. The van der Waals surface area contributed by atoms with Crippen LogP contribution in [0.1, 0.15) is 16.7 Å². The van der Waals surface area contributed by atoms with E-state index in [9.17, 15) is 10.1 Å². The first kappa shape index (κ1) is 15.7. The van der Waals surface area contributed by atoms with E-state index in [4.69, 9.17) is 10.00 Å². The minimum absolute atomic E-state index is 0.213. The van der Waals surface area contributed by atoms with Gasteiger partial charge in [-0.05, 0) is 24.3 Å². The smallest absolute Gasteiger partial charge is 0.235 e. The van der Waals surface area contributed by atoms with Crippen LogP contribution in [-0.2, 0) is 6.61 Å². The highest BCUT2D eigenvalue weighted by molar-refractivity contribution is 9.10. The SMILES string of the molecule is N#Cc1ccccc1COc1ccc(Br)cc1/C=C/[N+](=O)[O-]. The molecule has 0 amide bonds. The molecular weight excluding hydrogens is 348 g/mol. The Morgan fingerprint density at radius 2 is 2.09 bits per heavy atom. The summed E-state index contributed by atoms with van der Waals surface area (Å²) in [6.07, 6.45) is 2.23. The lowest BCUT2D eigenvalue weighted by atomic mass is 10.1. The van der Waals surface area contributed by atoms with Crippen LogP contribution in [-0.4, -0.2) is 4.92 Å². The lowest BCUT2D eigenvalue weighted by Gasteiger charge is -2.10. The maximum absolute atomic E-state index is 10.5. The van der Waals surface area contributed by atoms with E-state index < -0.39 is 4.92 Å². The Kier molecular flexibility index (Phi) is 5.28. The summed E-state index contributed by atoms with van der Waals surface area (Å²) in [5.74, 6) is 0.508. The van der Waals surface area contributed by atoms with Gasteiger partial charge in [-0.15, -0.1) is 0 Å². The van der Waals surface area contributed by atoms with Crippen molar-refractivity contribution in [3.63, 3.8) is 0 Å². The second-order valence-corrected chi connectivity index (χ2v) is 5.26. The Morgan fingerprint density at radius 3 is 2.82 bits per heavy atom. The number of hydrogen-bond acceptors (Lipinski definition) is 4. The molecule has 110 valence electrons. The van der Waals surface area contributed by atoms with Gasteiger partial charge < -0.3 is 4.74 Å². The van der Waals surface area contributed by atoms with Gasteiger partial charge >= 0.3 is 0 Å². The Labute approximate surface area is 135 Å². The summed E-state index contributed by atoms with van der Waals surface area (Å²) >= 11 is 3.32.